The minimum atomic E-state index is -1.07. The quantitative estimate of drug-likeness (QED) is 0.549. The van der Waals surface area contributed by atoms with Gasteiger partial charge in [-0.1, -0.05) is 13.8 Å². The van der Waals surface area contributed by atoms with Gasteiger partial charge < -0.3 is 15.5 Å². The second-order valence-corrected chi connectivity index (χ2v) is 3.25. The molecule has 0 heterocycles. The molecule has 0 aliphatic heterocycles. The lowest BCUT2D eigenvalue weighted by Gasteiger charge is -2.15. The minimum Gasteiger partial charge on any atom is -0.480 e. The van der Waals surface area contributed by atoms with Crippen LogP contribution in [-0.4, -0.2) is 34.7 Å². The summed E-state index contributed by atoms with van der Waals surface area (Å²) in [6.45, 7) is 3.05. The van der Waals surface area contributed by atoms with E-state index in [0.29, 0.717) is 6.42 Å². The van der Waals surface area contributed by atoms with Crippen LogP contribution < -0.4 is 5.32 Å². The maximum Gasteiger partial charge on any atom is 0.326 e. The second kappa shape index (κ2) is 5.53. The van der Waals surface area contributed by atoms with Crippen LogP contribution in [0.2, 0.25) is 0 Å². The fraction of sp³-hybridized carbons (Fsp3) is 0.750. The standard InChI is InChI=1S/C8H15NO4/c1-5(2)3-6(8(12)13)9-7(11)4-10/h5-6,10H,3-4H2,1-2H3,(H,9,11)(H,12,13)/t6-/m1/s1. The molecule has 0 unspecified atom stereocenters. The first kappa shape index (κ1) is 11.9. The first-order valence-electron chi connectivity index (χ1n) is 4.10. The number of aliphatic carboxylic acids is 1. The molecule has 1 atom stereocenters. The summed E-state index contributed by atoms with van der Waals surface area (Å²) in [5, 5.41) is 19.3. The van der Waals surface area contributed by atoms with Crippen LogP contribution in [0.1, 0.15) is 20.3 Å². The van der Waals surface area contributed by atoms with E-state index < -0.39 is 24.5 Å². The topological polar surface area (TPSA) is 86.6 Å². The van der Waals surface area contributed by atoms with Crippen molar-refractivity contribution in [1.82, 2.24) is 5.32 Å². The highest BCUT2D eigenvalue weighted by molar-refractivity contribution is 5.83. The van der Waals surface area contributed by atoms with Gasteiger partial charge in [-0.2, -0.15) is 0 Å². The van der Waals surface area contributed by atoms with E-state index in [1.807, 2.05) is 13.8 Å². The van der Waals surface area contributed by atoms with Crippen LogP contribution in [0.25, 0.3) is 0 Å². The number of carboxylic acid groups (broad SMARTS) is 1. The Kier molecular flexibility index (Phi) is 5.06. The number of carbonyl (C=O) groups excluding carboxylic acids is 1. The largest absolute Gasteiger partial charge is 0.480 e. The summed E-state index contributed by atoms with van der Waals surface area (Å²) >= 11 is 0. The number of rotatable bonds is 5. The molecule has 0 aliphatic rings. The number of hydrogen-bond acceptors (Lipinski definition) is 3. The van der Waals surface area contributed by atoms with Gasteiger partial charge in [-0.25, -0.2) is 4.79 Å². The Morgan fingerprint density at radius 1 is 1.38 bits per heavy atom. The van der Waals surface area contributed by atoms with Gasteiger partial charge in [0, 0.05) is 0 Å². The fourth-order valence-corrected chi connectivity index (χ4v) is 0.933. The Labute approximate surface area is 76.8 Å². The zero-order valence-electron chi connectivity index (χ0n) is 7.78. The van der Waals surface area contributed by atoms with E-state index in [2.05, 4.69) is 5.32 Å². The molecule has 0 radical (unpaired) electrons. The van der Waals surface area contributed by atoms with Gasteiger partial charge in [0.05, 0.1) is 0 Å². The highest BCUT2D eigenvalue weighted by atomic mass is 16.4. The Balaban J connectivity index is 4.10. The van der Waals surface area contributed by atoms with Gasteiger partial charge in [-0.05, 0) is 12.3 Å². The molecule has 3 N–H and O–H groups in total. The fourth-order valence-electron chi connectivity index (χ4n) is 0.933. The van der Waals surface area contributed by atoms with Crippen molar-refractivity contribution in [3.05, 3.63) is 0 Å². The monoisotopic (exact) mass is 189 g/mol. The Morgan fingerprint density at radius 3 is 2.23 bits per heavy atom. The number of aliphatic hydroxyl groups is 1. The molecule has 0 rings (SSSR count). The van der Waals surface area contributed by atoms with Crippen molar-refractivity contribution in [2.45, 2.75) is 26.3 Å². The van der Waals surface area contributed by atoms with Crippen LogP contribution in [0.4, 0.5) is 0 Å². The molecule has 0 aromatic heterocycles. The van der Waals surface area contributed by atoms with Gasteiger partial charge in [0.25, 0.3) is 0 Å². The molecule has 0 fully saturated rings. The number of carboxylic acids is 1. The van der Waals surface area contributed by atoms with Crippen molar-refractivity contribution in [2.24, 2.45) is 5.92 Å². The van der Waals surface area contributed by atoms with E-state index in [4.69, 9.17) is 10.2 Å². The van der Waals surface area contributed by atoms with Crippen LogP contribution in [0, 0.1) is 5.92 Å². The van der Waals surface area contributed by atoms with Crippen molar-refractivity contribution in [3.8, 4) is 0 Å². The molecule has 13 heavy (non-hydrogen) atoms. The van der Waals surface area contributed by atoms with Crippen molar-refractivity contribution in [1.29, 1.82) is 0 Å². The molecule has 0 spiro atoms. The van der Waals surface area contributed by atoms with Gasteiger partial charge in [0.2, 0.25) is 5.91 Å². The van der Waals surface area contributed by atoms with Crippen molar-refractivity contribution < 1.29 is 19.8 Å². The summed E-state index contributed by atoms with van der Waals surface area (Å²) in [5.41, 5.74) is 0. The zero-order valence-corrected chi connectivity index (χ0v) is 7.78. The molecule has 5 heteroatoms. The van der Waals surface area contributed by atoms with Crippen LogP contribution in [-0.2, 0) is 9.59 Å². The molecule has 0 aromatic carbocycles. The van der Waals surface area contributed by atoms with Gasteiger partial charge >= 0.3 is 5.97 Å². The van der Waals surface area contributed by atoms with E-state index in [9.17, 15) is 9.59 Å². The van der Waals surface area contributed by atoms with E-state index in [1.54, 1.807) is 0 Å². The first-order chi connectivity index (χ1) is 5.97. The SMILES string of the molecule is CC(C)C[C@@H](NC(=O)CO)C(=O)O. The minimum absolute atomic E-state index is 0.181. The third-order valence-electron chi connectivity index (χ3n) is 1.48. The zero-order chi connectivity index (χ0) is 10.4. The maximum absolute atomic E-state index is 10.7. The lowest BCUT2D eigenvalue weighted by atomic mass is 10.0. The van der Waals surface area contributed by atoms with Crippen LogP contribution in [0.3, 0.4) is 0 Å². The summed E-state index contributed by atoms with van der Waals surface area (Å²) in [6, 6.07) is -0.903. The normalized spacial score (nSPS) is 12.6. The summed E-state index contributed by atoms with van der Waals surface area (Å²) in [4.78, 5) is 21.3. The maximum atomic E-state index is 10.7. The van der Waals surface area contributed by atoms with Crippen molar-refractivity contribution in [3.63, 3.8) is 0 Å². The highest BCUT2D eigenvalue weighted by Gasteiger charge is 2.20. The molecule has 0 saturated heterocycles. The number of amides is 1. The van der Waals surface area contributed by atoms with Gasteiger partial charge in [0.1, 0.15) is 12.6 Å². The van der Waals surface area contributed by atoms with Gasteiger partial charge in [0.15, 0.2) is 0 Å². The Morgan fingerprint density at radius 2 is 1.92 bits per heavy atom. The molecule has 0 aromatic rings. The van der Waals surface area contributed by atoms with Crippen LogP contribution in [0.15, 0.2) is 0 Å². The first-order valence-corrected chi connectivity index (χ1v) is 4.10. The van der Waals surface area contributed by atoms with Gasteiger partial charge in [-0.15, -0.1) is 0 Å². The lowest BCUT2D eigenvalue weighted by Crippen LogP contribution is -2.42. The molecule has 5 nitrogen and oxygen atoms in total. The average Bonchev–Trinajstić information content (AvgIpc) is 2.02. The van der Waals surface area contributed by atoms with E-state index in [0.717, 1.165) is 0 Å². The number of aliphatic hydroxyl groups excluding tert-OH is 1. The van der Waals surface area contributed by atoms with E-state index in [1.165, 1.54) is 0 Å². The molecule has 0 aliphatic carbocycles. The third kappa shape index (κ3) is 5.19. The highest BCUT2D eigenvalue weighted by Crippen LogP contribution is 2.04. The summed E-state index contributed by atoms with van der Waals surface area (Å²) < 4.78 is 0. The van der Waals surface area contributed by atoms with E-state index >= 15 is 0 Å². The van der Waals surface area contributed by atoms with Crippen LogP contribution in [0.5, 0.6) is 0 Å². The Bertz CT molecular complexity index is 191. The predicted octanol–water partition coefficient (Wildman–Crippen LogP) is -0.406. The third-order valence-corrected chi connectivity index (χ3v) is 1.48. The number of carbonyl (C=O) groups is 2. The summed E-state index contributed by atoms with van der Waals surface area (Å²) in [5.74, 6) is -1.55. The molecular formula is C8H15NO4. The molecule has 0 bridgehead atoms. The average molecular weight is 189 g/mol. The summed E-state index contributed by atoms with van der Waals surface area (Å²) in [6.07, 6.45) is 0.362. The molecule has 76 valence electrons. The van der Waals surface area contributed by atoms with Crippen LogP contribution >= 0.6 is 0 Å². The second-order valence-electron chi connectivity index (χ2n) is 3.25. The van der Waals surface area contributed by atoms with Gasteiger partial charge in [-0.3, -0.25) is 4.79 Å². The number of nitrogens with one attached hydrogen (secondary N) is 1. The molecule has 0 saturated carbocycles. The summed E-state index contributed by atoms with van der Waals surface area (Å²) in [7, 11) is 0. The van der Waals surface area contributed by atoms with E-state index in [-0.39, 0.29) is 5.92 Å². The molecule has 1 amide bonds. The predicted molar refractivity (Wildman–Crippen MR) is 46.1 cm³/mol. The molecular weight excluding hydrogens is 174 g/mol. The number of hydrogen-bond donors (Lipinski definition) is 3. The Hall–Kier alpha value is -1.10. The van der Waals surface area contributed by atoms with Crippen molar-refractivity contribution >= 4 is 11.9 Å². The smallest absolute Gasteiger partial charge is 0.326 e. The van der Waals surface area contributed by atoms with Crippen molar-refractivity contribution in [2.75, 3.05) is 6.61 Å². The lowest BCUT2D eigenvalue weighted by molar-refractivity contribution is -0.142.